The third-order valence-corrected chi connectivity index (χ3v) is 4.15. The van der Waals surface area contributed by atoms with Crippen LogP contribution >= 0.6 is 31.9 Å². The lowest BCUT2D eigenvalue weighted by atomic mass is 10.3. The normalized spacial score (nSPS) is 11.4. The zero-order chi connectivity index (χ0) is 12.8. The Kier molecular flexibility index (Phi) is 6.74. The van der Waals surface area contributed by atoms with Gasteiger partial charge in [-0.3, -0.25) is 9.58 Å². The molecule has 0 bridgehead atoms. The minimum absolute atomic E-state index is 0.927. The van der Waals surface area contributed by atoms with Crippen molar-refractivity contribution < 1.29 is 0 Å². The molecule has 0 aliphatic heterocycles. The standard InChI is InChI=1S/C12H21Br2N3/c1-4-7-16(8-6-13)9-11-12(14)10(3)15-17(11)5-2/h4-9H2,1-3H3. The molecule has 0 radical (unpaired) electrons. The first-order valence-electron chi connectivity index (χ1n) is 6.14. The maximum atomic E-state index is 4.53. The van der Waals surface area contributed by atoms with Gasteiger partial charge in [-0.1, -0.05) is 22.9 Å². The highest BCUT2D eigenvalue weighted by molar-refractivity contribution is 9.10. The van der Waals surface area contributed by atoms with Crippen LogP contribution in [0.4, 0.5) is 0 Å². The minimum Gasteiger partial charge on any atom is -0.297 e. The largest absolute Gasteiger partial charge is 0.297 e. The number of hydrogen-bond donors (Lipinski definition) is 0. The molecule has 0 aliphatic carbocycles. The summed E-state index contributed by atoms with van der Waals surface area (Å²) >= 11 is 7.17. The monoisotopic (exact) mass is 365 g/mol. The molecule has 0 saturated carbocycles. The van der Waals surface area contributed by atoms with Crippen LogP contribution in [0.2, 0.25) is 0 Å². The molecular formula is C12H21Br2N3. The lowest BCUT2D eigenvalue weighted by Crippen LogP contribution is -2.27. The molecule has 1 aromatic rings. The molecule has 0 saturated heterocycles. The molecular weight excluding hydrogens is 346 g/mol. The molecule has 1 rings (SSSR count). The van der Waals surface area contributed by atoms with Gasteiger partial charge in [-0.15, -0.1) is 0 Å². The fourth-order valence-electron chi connectivity index (χ4n) is 1.94. The Morgan fingerprint density at radius 2 is 2.00 bits per heavy atom. The first kappa shape index (κ1) is 15.2. The second-order valence-corrected chi connectivity index (χ2v) is 5.71. The van der Waals surface area contributed by atoms with Crippen LogP contribution in [0.25, 0.3) is 0 Å². The first-order valence-corrected chi connectivity index (χ1v) is 8.05. The molecule has 3 nitrogen and oxygen atoms in total. The van der Waals surface area contributed by atoms with Crippen LogP contribution in [0.3, 0.4) is 0 Å². The van der Waals surface area contributed by atoms with Gasteiger partial charge in [-0.2, -0.15) is 5.10 Å². The molecule has 98 valence electrons. The van der Waals surface area contributed by atoms with Crippen LogP contribution in [0, 0.1) is 6.92 Å². The molecule has 0 aromatic carbocycles. The Hall–Kier alpha value is 0.130. The van der Waals surface area contributed by atoms with Crippen LogP contribution < -0.4 is 0 Å². The van der Waals surface area contributed by atoms with E-state index in [1.807, 2.05) is 6.92 Å². The molecule has 0 N–H and O–H groups in total. The van der Waals surface area contributed by atoms with E-state index in [1.54, 1.807) is 0 Å². The Labute approximate surface area is 121 Å². The van der Waals surface area contributed by atoms with Crippen LogP contribution in [0.1, 0.15) is 31.7 Å². The fourth-order valence-corrected chi connectivity index (χ4v) is 2.85. The molecule has 1 aromatic heterocycles. The molecule has 0 amide bonds. The Bertz CT molecular complexity index is 344. The summed E-state index contributed by atoms with van der Waals surface area (Å²) in [4.78, 5) is 2.46. The molecule has 0 atom stereocenters. The summed E-state index contributed by atoms with van der Waals surface area (Å²) < 4.78 is 3.26. The van der Waals surface area contributed by atoms with Gasteiger partial charge in [0.05, 0.1) is 15.9 Å². The van der Waals surface area contributed by atoms with E-state index in [2.05, 4.69) is 60.4 Å². The lowest BCUT2D eigenvalue weighted by Gasteiger charge is -2.21. The predicted molar refractivity (Wildman–Crippen MR) is 79.7 cm³/mol. The number of hydrogen-bond acceptors (Lipinski definition) is 2. The SMILES string of the molecule is CCCN(CCBr)Cc1c(Br)c(C)nn1CC. The van der Waals surface area contributed by atoms with Crippen LogP contribution in [-0.4, -0.2) is 33.1 Å². The smallest absolute Gasteiger partial charge is 0.0739 e. The van der Waals surface area contributed by atoms with E-state index in [9.17, 15) is 0 Å². The first-order chi connectivity index (χ1) is 8.13. The predicted octanol–water partition coefficient (Wildman–Crippen LogP) is 3.58. The van der Waals surface area contributed by atoms with Crippen LogP contribution in [0.15, 0.2) is 4.47 Å². The summed E-state index contributed by atoms with van der Waals surface area (Å²) in [6.45, 7) is 10.5. The molecule has 5 heteroatoms. The maximum Gasteiger partial charge on any atom is 0.0739 e. The quantitative estimate of drug-likeness (QED) is 0.687. The number of aromatic nitrogens is 2. The van der Waals surface area contributed by atoms with Gasteiger partial charge in [0, 0.05) is 25.0 Å². The van der Waals surface area contributed by atoms with E-state index in [4.69, 9.17) is 0 Å². The summed E-state index contributed by atoms with van der Waals surface area (Å²) in [5.74, 6) is 0. The average molecular weight is 367 g/mol. The summed E-state index contributed by atoms with van der Waals surface area (Å²) in [5.41, 5.74) is 2.37. The van der Waals surface area contributed by atoms with E-state index in [1.165, 1.54) is 12.1 Å². The topological polar surface area (TPSA) is 21.1 Å². The number of halogens is 2. The van der Waals surface area contributed by atoms with Crippen molar-refractivity contribution >= 4 is 31.9 Å². The fraction of sp³-hybridized carbons (Fsp3) is 0.750. The number of rotatable bonds is 7. The third kappa shape index (κ3) is 4.07. The third-order valence-electron chi connectivity index (χ3n) is 2.77. The summed E-state index contributed by atoms with van der Waals surface area (Å²) in [6, 6.07) is 0. The molecule has 0 fully saturated rings. The van der Waals surface area contributed by atoms with Crippen molar-refractivity contribution in [3.8, 4) is 0 Å². The number of alkyl halides is 1. The van der Waals surface area contributed by atoms with Crippen molar-refractivity contribution in [2.24, 2.45) is 0 Å². The average Bonchev–Trinajstić information content (AvgIpc) is 2.57. The van der Waals surface area contributed by atoms with Crippen molar-refractivity contribution in [1.82, 2.24) is 14.7 Å². The summed E-state index contributed by atoms with van der Waals surface area (Å²) in [7, 11) is 0. The zero-order valence-corrected chi connectivity index (χ0v) is 14.0. The summed E-state index contributed by atoms with van der Waals surface area (Å²) in [6.07, 6.45) is 1.18. The molecule has 17 heavy (non-hydrogen) atoms. The molecule has 1 heterocycles. The van der Waals surface area contributed by atoms with E-state index in [0.29, 0.717) is 0 Å². The van der Waals surface area contributed by atoms with Gasteiger partial charge in [0.2, 0.25) is 0 Å². The van der Waals surface area contributed by atoms with Gasteiger partial charge in [-0.25, -0.2) is 0 Å². The Balaban J connectivity index is 2.83. The molecule has 0 unspecified atom stereocenters. The van der Waals surface area contributed by atoms with E-state index in [-0.39, 0.29) is 0 Å². The summed E-state index contributed by atoms with van der Waals surface area (Å²) in [5, 5.41) is 5.55. The highest BCUT2D eigenvalue weighted by atomic mass is 79.9. The van der Waals surface area contributed by atoms with Crippen molar-refractivity contribution in [3.63, 3.8) is 0 Å². The number of nitrogens with zero attached hydrogens (tertiary/aromatic N) is 3. The number of aryl methyl sites for hydroxylation is 2. The van der Waals surface area contributed by atoms with Gasteiger partial charge >= 0.3 is 0 Å². The van der Waals surface area contributed by atoms with Gasteiger partial charge in [0.15, 0.2) is 0 Å². The van der Waals surface area contributed by atoms with Crippen molar-refractivity contribution in [2.75, 3.05) is 18.4 Å². The van der Waals surface area contributed by atoms with Crippen molar-refractivity contribution in [3.05, 3.63) is 15.9 Å². The van der Waals surface area contributed by atoms with Gasteiger partial charge < -0.3 is 0 Å². The Morgan fingerprint density at radius 1 is 1.29 bits per heavy atom. The Morgan fingerprint density at radius 3 is 2.53 bits per heavy atom. The highest BCUT2D eigenvalue weighted by Crippen LogP contribution is 2.22. The molecule has 0 aliphatic rings. The van der Waals surface area contributed by atoms with E-state index >= 15 is 0 Å². The van der Waals surface area contributed by atoms with E-state index < -0.39 is 0 Å². The lowest BCUT2D eigenvalue weighted by molar-refractivity contribution is 0.274. The van der Waals surface area contributed by atoms with Crippen molar-refractivity contribution in [1.29, 1.82) is 0 Å². The van der Waals surface area contributed by atoms with Crippen molar-refractivity contribution in [2.45, 2.75) is 40.3 Å². The molecule has 0 spiro atoms. The minimum atomic E-state index is 0.927. The van der Waals surface area contributed by atoms with Gasteiger partial charge in [0.1, 0.15) is 0 Å². The van der Waals surface area contributed by atoms with Gasteiger partial charge in [-0.05, 0) is 42.7 Å². The van der Waals surface area contributed by atoms with Gasteiger partial charge in [0.25, 0.3) is 0 Å². The maximum absolute atomic E-state index is 4.53. The zero-order valence-electron chi connectivity index (χ0n) is 10.8. The van der Waals surface area contributed by atoms with E-state index in [0.717, 1.165) is 41.7 Å². The highest BCUT2D eigenvalue weighted by Gasteiger charge is 2.14. The second-order valence-electron chi connectivity index (χ2n) is 4.13. The van der Waals surface area contributed by atoms with Crippen LogP contribution in [-0.2, 0) is 13.1 Å². The second kappa shape index (κ2) is 7.54. The van der Waals surface area contributed by atoms with Crippen LogP contribution in [0.5, 0.6) is 0 Å².